The molecule has 2 aromatic rings. The Morgan fingerprint density at radius 3 is 2.94 bits per heavy atom. The van der Waals surface area contributed by atoms with Gasteiger partial charge in [-0.1, -0.05) is 17.4 Å². The van der Waals surface area contributed by atoms with Gasteiger partial charge in [-0.05, 0) is 28.1 Å². The van der Waals surface area contributed by atoms with Crippen LogP contribution in [0.3, 0.4) is 0 Å². The van der Waals surface area contributed by atoms with E-state index in [1.807, 2.05) is 0 Å². The molecule has 0 aliphatic carbocycles. The number of phenolic OH excluding ortho intramolecular Hbond substituents is 1. The summed E-state index contributed by atoms with van der Waals surface area (Å²) in [6.45, 7) is 0. The summed E-state index contributed by atoms with van der Waals surface area (Å²) in [5.74, 6) is -0.669. The van der Waals surface area contributed by atoms with E-state index in [4.69, 9.17) is 5.73 Å². The number of hydrogen-bond acceptors (Lipinski definition) is 5. The van der Waals surface area contributed by atoms with Crippen LogP contribution in [0.25, 0.3) is 0 Å². The molecule has 4 N–H and O–H groups in total. The zero-order valence-corrected chi connectivity index (χ0v) is 10.9. The summed E-state index contributed by atoms with van der Waals surface area (Å²) in [6, 6.07) is 4.61. The number of nitrogens with one attached hydrogen (secondary N) is 1. The lowest BCUT2D eigenvalue weighted by Crippen LogP contribution is -2.12. The maximum Gasteiger partial charge on any atom is 0.261 e. The number of thiazole rings is 1. The standard InChI is InChI=1S/C10H8BrN3O2S/c11-7-4-13-10(17-7)14-9(16)5-2-1-3-6(12)8(5)15/h1-4,15H,12H2,(H,13,14,16). The molecule has 0 bridgehead atoms. The Morgan fingerprint density at radius 1 is 1.53 bits per heavy atom. The third-order valence-corrected chi connectivity index (χ3v) is 3.40. The van der Waals surface area contributed by atoms with Crippen molar-refractivity contribution in [1.29, 1.82) is 0 Å². The maximum atomic E-state index is 11.8. The largest absolute Gasteiger partial charge is 0.505 e. The number of anilines is 2. The Bertz CT molecular complexity index is 570. The molecule has 0 aliphatic heterocycles. The van der Waals surface area contributed by atoms with E-state index in [-0.39, 0.29) is 17.0 Å². The first kappa shape index (κ1) is 11.9. The van der Waals surface area contributed by atoms with E-state index in [9.17, 15) is 9.90 Å². The molecule has 0 spiro atoms. The summed E-state index contributed by atoms with van der Waals surface area (Å²) >= 11 is 4.52. The highest BCUT2D eigenvalue weighted by molar-refractivity contribution is 9.11. The Balaban J connectivity index is 2.23. The maximum absolute atomic E-state index is 11.8. The van der Waals surface area contributed by atoms with Gasteiger partial charge in [-0.15, -0.1) is 0 Å². The van der Waals surface area contributed by atoms with Crippen molar-refractivity contribution in [1.82, 2.24) is 4.98 Å². The number of aromatic nitrogens is 1. The highest BCUT2D eigenvalue weighted by Gasteiger charge is 2.14. The summed E-state index contributed by atoms with van der Waals surface area (Å²) in [7, 11) is 0. The minimum absolute atomic E-state index is 0.122. The molecule has 1 heterocycles. The summed E-state index contributed by atoms with van der Waals surface area (Å²) in [6.07, 6.45) is 1.58. The number of rotatable bonds is 2. The number of amides is 1. The number of phenols is 1. The third-order valence-electron chi connectivity index (χ3n) is 2.01. The van der Waals surface area contributed by atoms with Crippen molar-refractivity contribution in [3.05, 3.63) is 33.7 Å². The number of halogens is 1. The predicted molar refractivity (Wildman–Crippen MR) is 70.3 cm³/mol. The van der Waals surface area contributed by atoms with E-state index < -0.39 is 5.91 Å². The molecule has 0 saturated carbocycles. The highest BCUT2D eigenvalue weighted by Crippen LogP contribution is 2.27. The fourth-order valence-corrected chi connectivity index (χ4v) is 2.32. The Kier molecular flexibility index (Phi) is 3.30. The third kappa shape index (κ3) is 2.56. The first-order chi connectivity index (χ1) is 8.08. The Labute approximate surface area is 109 Å². The van der Waals surface area contributed by atoms with Crippen LogP contribution in [0, 0.1) is 0 Å². The van der Waals surface area contributed by atoms with E-state index in [0.717, 1.165) is 3.79 Å². The van der Waals surface area contributed by atoms with Crippen molar-refractivity contribution in [2.75, 3.05) is 11.1 Å². The van der Waals surface area contributed by atoms with Crippen molar-refractivity contribution in [2.45, 2.75) is 0 Å². The molecule has 0 radical (unpaired) electrons. The van der Waals surface area contributed by atoms with Gasteiger partial charge in [-0.3, -0.25) is 10.1 Å². The summed E-state index contributed by atoms with van der Waals surface area (Å²) in [5, 5.41) is 12.7. The molecule has 0 unspecified atom stereocenters. The van der Waals surface area contributed by atoms with Crippen LogP contribution in [0.2, 0.25) is 0 Å². The normalized spacial score (nSPS) is 10.2. The molecule has 17 heavy (non-hydrogen) atoms. The van der Waals surface area contributed by atoms with E-state index >= 15 is 0 Å². The van der Waals surface area contributed by atoms with Crippen LogP contribution in [-0.2, 0) is 0 Å². The molecular formula is C10H8BrN3O2S. The molecule has 88 valence electrons. The Morgan fingerprint density at radius 2 is 2.29 bits per heavy atom. The van der Waals surface area contributed by atoms with E-state index in [0.29, 0.717) is 5.13 Å². The zero-order valence-electron chi connectivity index (χ0n) is 8.48. The predicted octanol–water partition coefficient (Wildman–Crippen LogP) is 2.45. The minimum Gasteiger partial charge on any atom is -0.505 e. The van der Waals surface area contributed by atoms with Crippen molar-refractivity contribution in [3.8, 4) is 5.75 Å². The van der Waals surface area contributed by atoms with Crippen LogP contribution < -0.4 is 11.1 Å². The molecule has 0 saturated heterocycles. The van der Waals surface area contributed by atoms with Crippen molar-refractivity contribution in [3.63, 3.8) is 0 Å². The van der Waals surface area contributed by atoms with Gasteiger partial charge < -0.3 is 10.8 Å². The van der Waals surface area contributed by atoms with E-state index in [2.05, 4.69) is 26.2 Å². The summed E-state index contributed by atoms with van der Waals surface area (Å²) < 4.78 is 0.810. The molecule has 0 fully saturated rings. The number of para-hydroxylation sites is 1. The molecule has 0 atom stereocenters. The molecular weight excluding hydrogens is 306 g/mol. The molecule has 1 aromatic heterocycles. The second-order valence-corrected chi connectivity index (χ2v) is 5.58. The molecule has 2 rings (SSSR count). The van der Waals surface area contributed by atoms with Crippen LogP contribution in [0.15, 0.2) is 28.2 Å². The van der Waals surface area contributed by atoms with E-state index in [1.165, 1.54) is 23.5 Å². The van der Waals surface area contributed by atoms with Gasteiger partial charge in [0.05, 0.1) is 21.2 Å². The number of carbonyl (C=O) groups excluding carboxylic acids is 1. The Hall–Kier alpha value is -1.60. The zero-order chi connectivity index (χ0) is 12.4. The average molecular weight is 314 g/mol. The van der Waals surface area contributed by atoms with E-state index in [1.54, 1.807) is 12.3 Å². The number of nitrogens with zero attached hydrogens (tertiary/aromatic N) is 1. The lowest BCUT2D eigenvalue weighted by Gasteiger charge is -2.05. The molecule has 1 amide bonds. The topological polar surface area (TPSA) is 88.2 Å². The number of hydrogen-bond donors (Lipinski definition) is 3. The second-order valence-electron chi connectivity index (χ2n) is 3.17. The number of nitrogen functional groups attached to an aromatic ring is 1. The van der Waals surface area contributed by atoms with Gasteiger partial charge in [0.1, 0.15) is 0 Å². The lowest BCUT2D eigenvalue weighted by atomic mass is 10.1. The highest BCUT2D eigenvalue weighted by atomic mass is 79.9. The summed E-state index contributed by atoms with van der Waals surface area (Å²) in [4.78, 5) is 15.8. The SMILES string of the molecule is Nc1cccc(C(=O)Nc2ncc(Br)s2)c1O. The number of carbonyl (C=O) groups is 1. The van der Waals surface area contributed by atoms with Gasteiger partial charge >= 0.3 is 0 Å². The molecule has 0 aliphatic rings. The second kappa shape index (κ2) is 4.72. The van der Waals surface area contributed by atoms with Crippen molar-refractivity contribution in [2.24, 2.45) is 0 Å². The van der Waals surface area contributed by atoms with Crippen molar-refractivity contribution < 1.29 is 9.90 Å². The van der Waals surface area contributed by atoms with Gasteiger partial charge in [0.25, 0.3) is 5.91 Å². The van der Waals surface area contributed by atoms with Gasteiger partial charge in [0, 0.05) is 0 Å². The monoisotopic (exact) mass is 313 g/mol. The van der Waals surface area contributed by atoms with Crippen molar-refractivity contribution >= 4 is 44.0 Å². The van der Waals surface area contributed by atoms with Gasteiger partial charge in [-0.2, -0.15) is 0 Å². The number of benzene rings is 1. The number of aromatic hydroxyl groups is 1. The molecule has 5 nitrogen and oxygen atoms in total. The first-order valence-electron chi connectivity index (χ1n) is 4.58. The quantitative estimate of drug-likeness (QED) is 0.587. The van der Waals surface area contributed by atoms with Gasteiger partial charge in [0.15, 0.2) is 10.9 Å². The smallest absolute Gasteiger partial charge is 0.261 e. The van der Waals surface area contributed by atoms with Crippen LogP contribution in [-0.4, -0.2) is 16.0 Å². The van der Waals surface area contributed by atoms with Crippen LogP contribution >= 0.6 is 27.3 Å². The molecule has 1 aromatic carbocycles. The minimum atomic E-state index is -0.448. The first-order valence-corrected chi connectivity index (χ1v) is 6.19. The average Bonchev–Trinajstić information content (AvgIpc) is 2.68. The lowest BCUT2D eigenvalue weighted by molar-refractivity contribution is 0.102. The number of nitrogens with two attached hydrogens (primary N) is 1. The summed E-state index contributed by atoms with van der Waals surface area (Å²) in [5.41, 5.74) is 5.79. The van der Waals surface area contributed by atoms with Crippen LogP contribution in [0.1, 0.15) is 10.4 Å². The fraction of sp³-hybridized carbons (Fsp3) is 0. The van der Waals surface area contributed by atoms with Gasteiger partial charge in [-0.25, -0.2) is 4.98 Å². The van der Waals surface area contributed by atoms with Gasteiger partial charge in [0.2, 0.25) is 0 Å². The molecule has 7 heteroatoms. The van der Waals surface area contributed by atoms with Crippen LogP contribution in [0.4, 0.5) is 10.8 Å². The fourth-order valence-electron chi connectivity index (χ4n) is 1.22. The van der Waals surface area contributed by atoms with Crippen LogP contribution in [0.5, 0.6) is 5.75 Å².